The Morgan fingerprint density at radius 3 is 2.75 bits per heavy atom. The number of rotatable bonds is 3. The van der Waals surface area contributed by atoms with Crippen LogP contribution in [0.3, 0.4) is 0 Å². The molecule has 16 heavy (non-hydrogen) atoms. The van der Waals surface area contributed by atoms with Crippen molar-refractivity contribution in [2.24, 2.45) is 0 Å². The van der Waals surface area contributed by atoms with Gasteiger partial charge in [0.05, 0.1) is 12.2 Å². The SMILES string of the molecule is Fc1ccc(Cn2cc(CBr)nn2)c(F)c1. The lowest BCUT2D eigenvalue weighted by atomic mass is 10.2. The highest BCUT2D eigenvalue weighted by atomic mass is 79.9. The first-order chi connectivity index (χ1) is 7.69. The normalized spacial score (nSPS) is 10.7. The van der Waals surface area contributed by atoms with Crippen molar-refractivity contribution in [1.82, 2.24) is 15.0 Å². The second-order valence-corrected chi connectivity index (χ2v) is 3.84. The molecule has 6 heteroatoms. The van der Waals surface area contributed by atoms with E-state index in [1.807, 2.05) is 0 Å². The monoisotopic (exact) mass is 287 g/mol. The Morgan fingerprint density at radius 2 is 2.12 bits per heavy atom. The first-order valence-electron chi connectivity index (χ1n) is 4.58. The maximum atomic E-state index is 13.3. The predicted molar refractivity (Wildman–Crippen MR) is 58.1 cm³/mol. The highest BCUT2D eigenvalue weighted by molar-refractivity contribution is 9.08. The molecule has 84 valence electrons. The number of benzene rings is 1. The zero-order valence-electron chi connectivity index (χ0n) is 8.20. The molecule has 3 nitrogen and oxygen atoms in total. The van der Waals surface area contributed by atoms with Crippen LogP contribution in [0.1, 0.15) is 11.3 Å². The molecule has 1 aromatic heterocycles. The summed E-state index contributed by atoms with van der Waals surface area (Å²) in [6.45, 7) is 0.242. The fraction of sp³-hybridized carbons (Fsp3) is 0.200. The van der Waals surface area contributed by atoms with Crippen molar-refractivity contribution in [3.8, 4) is 0 Å². The van der Waals surface area contributed by atoms with Crippen molar-refractivity contribution in [3.05, 3.63) is 47.3 Å². The molecule has 2 rings (SSSR count). The van der Waals surface area contributed by atoms with Gasteiger partial charge in [-0.1, -0.05) is 27.2 Å². The van der Waals surface area contributed by atoms with E-state index < -0.39 is 11.6 Å². The van der Waals surface area contributed by atoms with Gasteiger partial charge in [0.2, 0.25) is 0 Å². The van der Waals surface area contributed by atoms with E-state index in [1.54, 1.807) is 6.20 Å². The number of alkyl halides is 1. The minimum absolute atomic E-state index is 0.242. The summed E-state index contributed by atoms with van der Waals surface area (Å²) in [5.74, 6) is -1.16. The van der Waals surface area contributed by atoms with Crippen molar-refractivity contribution < 1.29 is 8.78 Å². The Labute approximate surface area is 99.2 Å². The van der Waals surface area contributed by atoms with Gasteiger partial charge in [0.15, 0.2) is 0 Å². The molecular weight excluding hydrogens is 280 g/mol. The van der Waals surface area contributed by atoms with Crippen molar-refractivity contribution in [2.45, 2.75) is 11.9 Å². The van der Waals surface area contributed by atoms with Crippen LogP contribution in [0.25, 0.3) is 0 Å². The van der Waals surface area contributed by atoms with Crippen LogP contribution in [0.4, 0.5) is 8.78 Å². The van der Waals surface area contributed by atoms with Crippen LogP contribution in [-0.2, 0) is 11.9 Å². The lowest BCUT2D eigenvalue weighted by Crippen LogP contribution is -2.03. The van der Waals surface area contributed by atoms with Crippen molar-refractivity contribution >= 4 is 15.9 Å². The predicted octanol–water partition coefficient (Wildman–Crippen LogP) is 2.50. The Morgan fingerprint density at radius 1 is 1.31 bits per heavy atom. The fourth-order valence-electron chi connectivity index (χ4n) is 1.30. The average Bonchev–Trinajstić information content (AvgIpc) is 2.70. The van der Waals surface area contributed by atoms with Gasteiger partial charge in [-0.25, -0.2) is 13.5 Å². The van der Waals surface area contributed by atoms with Gasteiger partial charge in [0.1, 0.15) is 11.6 Å². The third kappa shape index (κ3) is 2.44. The van der Waals surface area contributed by atoms with Gasteiger partial charge in [0, 0.05) is 23.2 Å². The molecule has 0 aliphatic carbocycles. The molecule has 0 bridgehead atoms. The largest absolute Gasteiger partial charge is 0.248 e. The number of halogens is 3. The number of hydrogen-bond donors (Lipinski definition) is 0. The fourth-order valence-corrected chi connectivity index (χ4v) is 1.56. The minimum Gasteiger partial charge on any atom is -0.248 e. The van der Waals surface area contributed by atoms with E-state index in [0.717, 1.165) is 11.8 Å². The third-order valence-corrected chi connectivity index (χ3v) is 2.64. The summed E-state index contributed by atoms with van der Waals surface area (Å²) in [5, 5.41) is 8.27. The van der Waals surface area contributed by atoms with E-state index in [2.05, 4.69) is 26.2 Å². The summed E-state index contributed by atoms with van der Waals surface area (Å²) in [7, 11) is 0. The number of hydrogen-bond acceptors (Lipinski definition) is 2. The van der Waals surface area contributed by atoms with E-state index in [9.17, 15) is 8.78 Å². The second-order valence-electron chi connectivity index (χ2n) is 3.28. The molecule has 0 amide bonds. The Bertz CT molecular complexity index is 499. The quantitative estimate of drug-likeness (QED) is 0.812. The summed E-state index contributed by atoms with van der Waals surface area (Å²) in [4.78, 5) is 0. The molecule has 0 aliphatic rings. The van der Waals surface area contributed by atoms with E-state index in [-0.39, 0.29) is 6.54 Å². The van der Waals surface area contributed by atoms with E-state index in [1.165, 1.54) is 16.8 Å². The van der Waals surface area contributed by atoms with Gasteiger partial charge >= 0.3 is 0 Å². The van der Waals surface area contributed by atoms with Crippen LogP contribution < -0.4 is 0 Å². The zero-order valence-corrected chi connectivity index (χ0v) is 9.79. The highest BCUT2D eigenvalue weighted by Crippen LogP contribution is 2.11. The first-order valence-corrected chi connectivity index (χ1v) is 5.70. The van der Waals surface area contributed by atoms with Crippen molar-refractivity contribution in [3.63, 3.8) is 0 Å². The summed E-state index contributed by atoms with van der Waals surface area (Å²) in [6.07, 6.45) is 1.71. The molecule has 0 unspecified atom stereocenters. The van der Waals surface area contributed by atoms with Gasteiger partial charge in [-0.05, 0) is 6.07 Å². The zero-order chi connectivity index (χ0) is 11.5. The Kier molecular flexibility index (Phi) is 3.28. The third-order valence-electron chi connectivity index (χ3n) is 2.07. The molecule has 1 heterocycles. The van der Waals surface area contributed by atoms with Gasteiger partial charge in [0.25, 0.3) is 0 Å². The topological polar surface area (TPSA) is 30.7 Å². The summed E-state index contributed by atoms with van der Waals surface area (Å²) in [5.41, 5.74) is 1.15. The minimum atomic E-state index is -0.582. The highest BCUT2D eigenvalue weighted by Gasteiger charge is 2.06. The standard InChI is InChI=1S/C10H8BrF2N3/c11-4-9-6-16(15-14-9)5-7-1-2-8(12)3-10(7)13/h1-3,6H,4-5H2. The van der Waals surface area contributed by atoms with E-state index in [4.69, 9.17) is 0 Å². The van der Waals surface area contributed by atoms with E-state index in [0.29, 0.717) is 10.9 Å². The van der Waals surface area contributed by atoms with Crippen LogP contribution in [0, 0.1) is 11.6 Å². The molecule has 0 aliphatic heterocycles. The molecular formula is C10H8BrF2N3. The number of nitrogens with zero attached hydrogens (tertiary/aromatic N) is 3. The Hall–Kier alpha value is -1.30. The lowest BCUT2D eigenvalue weighted by molar-refractivity contribution is 0.554. The molecule has 2 aromatic rings. The van der Waals surface area contributed by atoms with Gasteiger partial charge < -0.3 is 0 Å². The molecule has 0 atom stereocenters. The molecule has 0 saturated carbocycles. The Balaban J connectivity index is 2.20. The molecule has 0 radical (unpaired) electrons. The second kappa shape index (κ2) is 4.69. The van der Waals surface area contributed by atoms with Crippen LogP contribution in [0.2, 0.25) is 0 Å². The first kappa shape index (κ1) is 11.2. The van der Waals surface area contributed by atoms with Crippen molar-refractivity contribution in [2.75, 3.05) is 0 Å². The molecule has 0 saturated heterocycles. The van der Waals surface area contributed by atoms with Crippen LogP contribution in [-0.4, -0.2) is 15.0 Å². The maximum absolute atomic E-state index is 13.3. The van der Waals surface area contributed by atoms with E-state index >= 15 is 0 Å². The average molecular weight is 288 g/mol. The smallest absolute Gasteiger partial charge is 0.131 e. The molecule has 0 spiro atoms. The summed E-state index contributed by atoms with van der Waals surface area (Å²) >= 11 is 3.24. The molecule has 1 aromatic carbocycles. The van der Waals surface area contributed by atoms with Gasteiger partial charge in [-0.15, -0.1) is 5.10 Å². The van der Waals surface area contributed by atoms with Crippen LogP contribution in [0.15, 0.2) is 24.4 Å². The van der Waals surface area contributed by atoms with Crippen LogP contribution in [0.5, 0.6) is 0 Å². The number of aromatic nitrogens is 3. The lowest BCUT2D eigenvalue weighted by Gasteiger charge is -2.02. The van der Waals surface area contributed by atoms with Gasteiger partial charge in [-0.3, -0.25) is 0 Å². The summed E-state index contributed by atoms with van der Waals surface area (Å²) in [6, 6.07) is 3.48. The molecule has 0 N–H and O–H groups in total. The van der Waals surface area contributed by atoms with Gasteiger partial charge in [-0.2, -0.15) is 0 Å². The summed E-state index contributed by atoms with van der Waals surface area (Å²) < 4.78 is 27.5. The molecule has 0 fully saturated rings. The maximum Gasteiger partial charge on any atom is 0.131 e. The van der Waals surface area contributed by atoms with Crippen molar-refractivity contribution in [1.29, 1.82) is 0 Å². The van der Waals surface area contributed by atoms with Crippen LogP contribution >= 0.6 is 15.9 Å².